The molecule has 0 aromatic rings. The molecule has 3 N–H and O–H groups in total. The maximum Gasteiger partial charge on any atom is 0.315 e. The standard InChI is InChI=1S/C6H13N3O/c1-7-3-2-5-4-8-6(10)9-5/h5,7H,2-4H2,1H3,(H2,8,9,10). The summed E-state index contributed by atoms with van der Waals surface area (Å²) >= 11 is 0. The van der Waals surface area contributed by atoms with Gasteiger partial charge in [0.25, 0.3) is 0 Å². The third-order valence-electron chi connectivity index (χ3n) is 1.59. The number of carbonyl (C=O) groups excluding carboxylic acids is 1. The molecule has 4 nitrogen and oxygen atoms in total. The van der Waals surface area contributed by atoms with Gasteiger partial charge in [0, 0.05) is 12.6 Å². The predicted octanol–water partition coefficient (Wildman–Crippen LogP) is -0.723. The smallest absolute Gasteiger partial charge is 0.315 e. The van der Waals surface area contributed by atoms with Gasteiger partial charge in [0.15, 0.2) is 0 Å². The summed E-state index contributed by atoms with van der Waals surface area (Å²) in [4.78, 5) is 10.6. The molecule has 1 rings (SSSR count). The Bertz CT molecular complexity index is 126. The van der Waals surface area contributed by atoms with Gasteiger partial charge in [0.1, 0.15) is 0 Å². The maximum absolute atomic E-state index is 10.6. The Morgan fingerprint density at radius 3 is 3.10 bits per heavy atom. The molecule has 58 valence electrons. The average molecular weight is 143 g/mol. The fourth-order valence-corrected chi connectivity index (χ4v) is 0.996. The molecule has 1 aliphatic rings. The Kier molecular flexibility index (Phi) is 2.50. The lowest BCUT2D eigenvalue weighted by Gasteiger charge is -2.05. The fourth-order valence-electron chi connectivity index (χ4n) is 0.996. The van der Waals surface area contributed by atoms with Gasteiger partial charge < -0.3 is 16.0 Å². The van der Waals surface area contributed by atoms with Gasteiger partial charge in [0.05, 0.1) is 0 Å². The second kappa shape index (κ2) is 3.41. The summed E-state index contributed by atoms with van der Waals surface area (Å²) in [7, 11) is 1.91. The second-order valence-electron chi connectivity index (χ2n) is 2.44. The molecule has 10 heavy (non-hydrogen) atoms. The van der Waals surface area contributed by atoms with Crippen molar-refractivity contribution in [2.45, 2.75) is 12.5 Å². The zero-order valence-electron chi connectivity index (χ0n) is 6.11. The predicted molar refractivity (Wildman–Crippen MR) is 38.9 cm³/mol. The van der Waals surface area contributed by atoms with Crippen LogP contribution < -0.4 is 16.0 Å². The second-order valence-corrected chi connectivity index (χ2v) is 2.44. The molecule has 0 radical (unpaired) electrons. The summed E-state index contributed by atoms with van der Waals surface area (Å²) in [5.74, 6) is 0. The van der Waals surface area contributed by atoms with E-state index >= 15 is 0 Å². The van der Waals surface area contributed by atoms with E-state index in [0.717, 1.165) is 19.5 Å². The lowest BCUT2D eigenvalue weighted by Crippen LogP contribution is -2.29. The molecule has 0 aromatic carbocycles. The van der Waals surface area contributed by atoms with Crippen LogP contribution in [0.4, 0.5) is 4.79 Å². The highest BCUT2D eigenvalue weighted by atomic mass is 16.2. The van der Waals surface area contributed by atoms with Crippen molar-refractivity contribution in [3.05, 3.63) is 0 Å². The molecule has 0 aliphatic carbocycles. The van der Waals surface area contributed by atoms with Gasteiger partial charge in [-0.05, 0) is 20.0 Å². The van der Waals surface area contributed by atoms with E-state index < -0.39 is 0 Å². The molecule has 4 heteroatoms. The molecule has 1 unspecified atom stereocenters. The number of hydrogen-bond donors (Lipinski definition) is 3. The number of carbonyl (C=O) groups is 1. The molecule has 1 aliphatic heterocycles. The van der Waals surface area contributed by atoms with E-state index in [9.17, 15) is 4.79 Å². The molecule has 1 saturated heterocycles. The van der Waals surface area contributed by atoms with Gasteiger partial charge in [-0.15, -0.1) is 0 Å². The van der Waals surface area contributed by atoms with Crippen LogP contribution in [-0.2, 0) is 0 Å². The van der Waals surface area contributed by atoms with E-state index in [0.29, 0.717) is 6.04 Å². The monoisotopic (exact) mass is 143 g/mol. The highest BCUT2D eigenvalue weighted by molar-refractivity contribution is 5.76. The largest absolute Gasteiger partial charge is 0.336 e. The summed E-state index contributed by atoms with van der Waals surface area (Å²) in [6, 6.07) is 0.279. The third kappa shape index (κ3) is 1.88. The van der Waals surface area contributed by atoms with Crippen molar-refractivity contribution in [1.82, 2.24) is 16.0 Å². The van der Waals surface area contributed by atoms with Crippen molar-refractivity contribution in [2.24, 2.45) is 0 Å². The minimum absolute atomic E-state index is 0.0406. The molecule has 0 bridgehead atoms. The van der Waals surface area contributed by atoms with Gasteiger partial charge in [-0.1, -0.05) is 0 Å². The van der Waals surface area contributed by atoms with E-state index in [1.54, 1.807) is 0 Å². The Labute approximate surface area is 60.4 Å². The van der Waals surface area contributed by atoms with Crippen molar-refractivity contribution in [3.8, 4) is 0 Å². The number of nitrogens with one attached hydrogen (secondary N) is 3. The minimum Gasteiger partial charge on any atom is -0.336 e. The number of hydrogen-bond acceptors (Lipinski definition) is 2. The fraction of sp³-hybridized carbons (Fsp3) is 0.833. The SMILES string of the molecule is CNCCC1CNC(=O)N1. The van der Waals surface area contributed by atoms with Crippen LogP contribution in [0.1, 0.15) is 6.42 Å². The van der Waals surface area contributed by atoms with Crippen LogP contribution in [0.15, 0.2) is 0 Å². The summed E-state index contributed by atoms with van der Waals surface area (Å²) in [5, 5.41) is 8.53. The van der Waals surface area contributed by atoms with Crippen LogP contribution in [0.25, 0.3) is 0 Å². The molecule has 0 saturated carbocycles. The van der Waals surface area contributed by atoms with E-state index in [1.165, 1.54) is 0 Å². The van der Waals surface area contributed by atoms with E-state index in [2.05, 4.69) is 16.0 Å². The molecule has 0 spiro atoms. The third-order valence-corrected chi connectivity index (χ3v) is 1.59. The molecule has 1 atom stereocenters. The summed E-state index contributed by atoms with van der Waals surface area (Å²) in [6.07, 6.45) is 0.995. The zero-order valence-corrected chi connectivity index (χ0v) is 6.11. The van der Waals surface area contributed by atoms with E-state index in [-0.39, 0.29) is 6.03 Å². The maximum atomic E-state index is 10.6. The minimum atomic E-state index is -0.0406. The van der Waals surface area contributed by atoms with Crippen LogP contribution in [0.3, 0.4) is 0 Å². The van der Waals surface area contributed by atoms with Crippen LogP contribution >= 0.6 is 0 Å². The Balaban J connectivity index is 2.12. The summed E-state index contributed by atoms with van der Waals surface area (Å²) in [5.41, 5.74) is 0. The first-order chi connectivity index (χ1) is 4.83. The topological polar surface area (TPSA) is 53.2 Å². The van der Waals surface area contributed by atoms with Crippen molar-refractivity contribution in [3.63, 3.8) is 0 Å². The van der Waals surface area contributed by atoms with Crippen LogP contribution in [-0.4, -0.2) is 32.2 Å². The molecule has 1 heterocycles. The van der Waals surface area contributed by atoms with E-state index in [4.69, 9.17) is 0 Å². The van der Waals surface area contributed by atoms with Gasteiger partial charge >= 0.3 is 6.03 Å². The average Bonchev–Trinajstić information content (AvgIpc) is 2.31. The lowest BCUT2D eigenvalue weighted by atomic mass is 10.2. The van der Waals surface area contributed by atoms with Crippen LogP contribution in [0.2, 0.25) is 0 Å². The van der Waals surface area contributed by atoms with Gasteiger partial charge in [-0.2, -0.15) is 0 Å². The first-order valence-electron chi connectivity index (χ1n) is 3.52. The van der Waals surface area contributed by atoms with Crippen LogP contribution in [0, 0.1) is 0 Å². The number of rotatable bonds is 3. The first kappa shape index (κ1) is 7.34. The van der Waals surface area contributed by atoms with Crippen molar-refractivity contribution in [1.29, 1.82) is 0 Å². The molecular weight excluding hydrogens is 130 g/mol. The Morgan fingerprint density at radius 2 is 2.60 bits per heavy atom. The van der Waals surface area contributed by atoms with Crippen molar-refractivity contribution in [2.75, 3.05) is 20.1 Å². The van der Waals surface area contributed by atoms with E-state index in [1.807, 2.05) is 7.05 Å². The Hall–Kier alpha value is -0.770. The first-order valence-corrected chi connectivity index (χ1v) is 3.52. The van der Waals surface area contributed by atoms with Gasteiger partial charge in [-0.25, -0.2) is 4.79 Å². The number of urea groups is 1. The lowest BCUT2D eigenvalue weighted by molar-refractivity contribution is 0.247. The summed E-state index contributed by atoms with van der Waals surface area (Å²) < 4.78 is 0. The van der Waals surface area contributed by atoms with Gasteiger partial charge in [0.2, 0.25) is 0 Å². The molecule has 0 aromatic heterocycles. The normalized spacial score (nSPS) is 24.1. The van der Waals surface area contributed by atoms with Gasteiger partial charge in [-0.3, -0.25) is 0 Å². The highest BCUT2D eigenvalue weighted by Crippen LogP contribution is 1.94. The summed E-state index contributed by atoms with van der Waals surface area (Å²) in [6.45, 7) is 1.72. The number of amides is 2. The van der Waals surface area contributed by atoms with Crippen molar-refractivity contribution >= 4 is 6.03 Å². The highest BCUT2D eigenvalue weighted by Gasteiger charge is 2.18. The molecule has 1 fully saturated rings. The van der Waals surface area contributed by atoms with Crippen LogP contribution in [0.5, 0.6) is 0 Å². The quantitative estimate of drug-likeness (QED) is 0.488. The molecular formula is C6H13N3O. The van der Waals surface area contributed by atoms with Crippen molar-refractivity contribution < 1.29 is 4.79 Å². The molecule has 2 amide bonds. The Morgan fingerprint density at radius 1 is 1.80 bits per heavy atom. The zero-order chi connectivity index (χ0) is 7.40.